The monoisotopic (exact) mass is 282 g/mol. The molecule has 0 saturated heterocycles. The van der Waals surface area contributed by atoms with Crippen molar-refractivity contribution in [2.45, 2.75) is 32.7 Å². The van der Waals surface area contributed by atoms with Crippen LogP contribution >= 0.6 is 0 Å². The van der Waals surface area contributed by atoms with Crippen LogP contribution in [0.15, 0.2) is 36.4 Å². The second kappa shape index (κ2) is 6.12. The van der Waals surface area contributed by atoms with Crippen molar-refractivity contribution in [3.05, 3.63) is 36.4 Å². The van der Waals surface area contributed by atoms with Crippen LogP contribution in [0.3, 0.4) is 0 Å². The van der Waals surface area contributed by atoms with Gasteiger partial charge in [-0.3, -0.25) is 0 Å². The van der Waals surface area contributed by atoms with Crippen molar-refractivity contribution < 1.29 is 0 Å². The zero-order valence-corrected chi connectivity index (χ0v) is 12.6. The molecule has 2 aromatic rings. The van der Waals surface area contributed by atoms with Gasteiger partial charge in [-0.05, 0) is 18.8 Å². The molecule has 1 aromatic heterocycles. The molecule has 0 bridgehead atoms. The minimum absolute atomic E-state index is 0.564. The molecule has 1 heterocycles. The van der Waals surface area contributed by atoms with Crippen LogP contribution in [0.4, 0.5) is 11.8 Å². The first-order valence-electron chi connectivity index (χ1n) is 7.65. The highest BCUT2D eigenvalue weighted by Crippen LogP contribution is 2.27. The van der Waals surface area contributed by atoms with Gasteiger partial charge in [0.05, 0.1) is 5.69 Å². The number of hydrogen-bond donors (Lipinski definition) is 2. The SMILES string of the molecule is CC(C)CNc1nc(NC2CC2)cc(-c2ccccc2)n1. The number of nitrogens with one attached hydrogen (secondary N) is 2. The van der Waals surface area contributed by atoms with E-state index in [4.69, 9.17) is 0 Å². The van der Waals surface area contributed by atoms with E-state index in [0.29, 0.717) is 17.9 Å². The summed E-state index contributed by atoms with van der Waals surface area (Å²) in [6, 6.07) is 12.9. The van der Waals surface area contributed by atoms with Crippen molar-refractivity contribution >= 4 is 11.8 Å². The minimum Gasteiger partial charge on any atom is -0.367 e. The van der Waals surface area contributed by atoms with E-state index < -0.39 is 0 Å². The van der Waals surface area contributed by atoms with Gasteiger partial charge in [-0.2, -0.15) is 4.98 Å². The van der Waals surface area contributed by atoms with E-state index in [-0.39, 0.29) is 0 Å². The molecule has 0 amide bonds. The molecule has 21 heavy (non-hydrogen) atoms. The quantitative estimate of drug-likeness (QED) is 0.846. The highest BCUT2D eigenvalue weighted by molar-refractivity contribution is 5.64. The van der Waals surface area contributed by atoms with Gasteiger partial charge in [0.2, 0.25) is 5.95 Å². The first-order valence-corrected chi connectivity index (χ1v) is 7.65. The largest absolute Gasteiger partial charge is 0.367 e. The Labute approximate surface area is 126 Å². The first kappa shape index (κ1) is 13.9. The standard InChI is InChI=1S/C17H22N4/c1-12(2)11-18-17-20-15(13-6-4-3-5-7-13)10-16(21-17)19-14-8-9-14/h3-7,10,12,14H,8-9,11H2,1-2H3,(H2,18,19,20,21). The molecule has 0 atom stereocenters. The number of rotatable bonds is 6. The van der Waals surface area contributed by atoms with Crippen molar-refractivity contribution in [2.75, 3.05) is 17.2 Å². The average Bonchev–Trinajstić information content (AvgIpc) is 3.30. The minimum atomic E-state index is 0.564. The summed E-state index contributed by atoms with van der Waals surface area (Å²) in [5.41, 5.74) is 2.08. The summed E-state index contributed by atoms with van der Waals surface area (Å²) < 4.78 is 0. The molecule has 0 unspecified atom stereocenters. The maximum Gasteiger partial charge on any atom is 0.225 e. The van der Waals surface area contributed by atoms with E-state index in [2.05, 4.69) is 46.6 Å². The zero-order valence-electron chi connectivity index (χ0n) is 12.6. The summed E-state index contributed by atoms with van der Waals surface area (Å²) in [4.78, 5) is 9.22. The van der Waals surface area contributed by atoms with Gasteiger partial charge in [-0.15, -0.1) is 0 Å². The number of nitrogens with zero attached hydrogens (tertiary/aromatic N) is 2. The van der Waals surface area contributed by atoms with E-state index >= 15 is 0 Å². The number of benzene rings is 1. The zero-order chi connectivity index (χ0) is 14.7. The molecule has 3 rings (SSSR count). The second-order valence-electron chi connectivity index (χ2n) is 6.02. The summed E-state index contributed by atoms with van der Waals surface area (Å²) >= 11 is 0. The van der Waals surface area contributed by atoms with Gasteiger partial charge in [0, 0.05) is 24.2 Å². The normalized spacial score (nSPS) is 14.2. The molecule has 1 saturated carbocycles. The predicted octanol–water partition coefficient (Wildman–Crippen LogP) is 3.79. The molecular formula is C17H22N4. The van der Waals surface area contributed by atoms with Crippen molar-refractivity contribution in [3.63, 3.8) is 0 Å². The van der Waals surface area contributed by atoms with Gasteiger partial charge < -0.3 is 10.6 Å². The highest BCUT2D eigenvalue weighted by atomic mass is 15.2. The average molecular weight is 282 g/mol. The Morgan fingerprint density at radius 3 is 2.57 bits per heavy atom. The van der Waals surface area contributed by atoms with E-state index in [1.54, 1.807) is 0 Å². The number of hydrogen-bond acceptors (Lipinski definition) is 4. The molecule has 0 radical (unpaired) electrons. The van der Waals surface area contributed by atoms with Crippen LogP contribution in [0.1, 0.15) is 26.7 Å². The molecule has 1 aliphatic rings. The lowest BCUT2D eigenvalue weighted by Gasteiger charge is -2.12. The van der Waals surface area contributed by atoms with E-state index in [1.165, 1.54) is 12.8 Å². The molecule has 4 heteroatoms. The third-order valence-electron chi connectivity index (χ3n) is 3.39. The second-order valence-corrected chi connectivity index (χ2v) is 6.02. The van der Waals surface area contributed by atoms with E-state index in [0.717, 1.165) is 23.6 Å². The third-order valence-corrected chi connectivity index (χ3v) is 3.39. The lowest BCUT2D eigenvalue weighted by atomic mass is 10.1. The molecule has 4 nitrogen and oxygen atoms in total. The van der Waals surface area contributed by atoms with Gasteiger partial charge in [-0.1, -0.05) is 44.2 Å². The first-order chi connectivity index (χ1) is 10.2. The molecule has 0 aliphatic heterocycles. The fourth-order valence-corrected chi connectivity index (χ4v) is 2.09. The Morgan fingerprint density at radius 1 is 1.14 bits per heavy atom. The van der Waals surface area contributed by atoms with E-state index in [1.807, 2.05) is 24.3 Å². The van der Waals surface area contributed by atoms with Crippen LogP contribution in [-0.4, -0.2) is 22.6 Å². The Morgan fingerprint density at radius 2 is 1.90 bits per heavy atom. The van der Waals surface area contributed by atoms with Crippen molar-refractivity contribution in [1.29, 1.82) is 0 Å². The molecule has 1 aliphatic carbocycles. The Bertz CT molecular complexity index is 591. The molecule has 0 spiro atoms. The predicted molar refractivity (Wildman–Crippen MR) is 87.4 cm³/mol. The fraction of sp³-hybridized carbons (Fsp3) is 0.412. The Kier molecular flexibility index (Phi) is 4.04. The van der Waals surface area contributed by atoms with Gasteiger partial charge in [0.25, 0.3) is 0 Å². The Hall–Kier alpha value is -2.10. The summed E-state index contributed by atoms with van der Waals surface area (Å²) in [5, 5.41) is 6.79. The number of aromatic nitrogens is 2. The van der Waals surface area contributed by atoms with Gasteiger partial charge in [0.1, 0.15) is 5.82 Å². The molecule has 110 valence electrons. The van der Waals surface area contributed by atoms with Crippen molar-refractivity contribution in [3.8, 4) is 11.3 Å². The van der Waals surface area contributed by atoms with Crippen molar-refractivity contribution in [1.82, 2.24) is 9.97 Å². The summed E-state index contributed by atoms with van der Waals surface area (Å²) in [6.45, 7) is 5.23. The summed E-state index contributed by atoms with van der Waals surface area (Å²) in [7, 11) is 0. The van der Waals surface area contributed by atoms with Gasteiger partial charge in [-0.25, -0.2) is 4.98 Å². The van der Waals surface area contributed by atoms with Crippen LogP contribution in [0, 0.1) is 5.92 Å². The maximum atomic E-state index is 4.64. The highest BCUT2D eigenvalue weighted by Gasteiger charge is 2.22. The van der Waals surface area contributed by atoms with Gasteiger partial charge in [0.15, 0.2) is 0 Å². The van der Waals surface area contributed by atoms with Crippen LogP contribution in [-0.2, 0) is 0 Å². The smallest absolute Gasteiger partial charge is 0.225 e. The third kappa shape index (κ3) is 3.94. The van der Waals surface area contributed by atoms with E-state index in [9.17, 15) is 0 Å². The lowest BCUT2D eigenvalue weighted by molar-refractivity contribution is 0.684. The summed E-state index contributed by atoms with van der Waals surface area (Å²) in [5.74, 6) is 2.18. The van der Waals surface area contributed by atoms with Crippen LogP contribution in [0.5, 0.6) is 0 Å². The molecule has 2 N–H and O–H groups in total. The van der Waals surface area contributed by atoms with Crippen LogP contribution in [0.2, 0.25) is 0 Å². The molecular weight excluding hydrogens is 260 g/mol. The fourth-order valence-electron chi connectivity index (χ4n) is 2.09. The van der Waals surface area contributed by atoms with Crippen LogP contribution < -0.4 is 10.6 Å². The Balaban J connectivity index is 1.88. The lowest BCUT2D eigenvalue weighted by Crippen LogP contribution is -2.12. The molecule has 1 aromatic carbocycles. The van der Waals surface area contributed by atoms with Crippen molar-refractivity contribution in [2.24, 2.45) is 5.92 Å². The molecule has 1 fully saturated rings. The topological polar surface area (TPSA) is 49.8 Å². The number of anilines is 2. The van der Waals surface area contributed by atoms with Gasteiger partial charge >= 0.3 is 0 Å². The van der Waals surface area contributed by atoms with Crippen LogP contribution in [0.25, 0.3) is 11.3 Å². The summed E-state index contributed by atoms with van der Waals surface area (Å²) in [6.07, 6.45) is 2.47. The maximum absolute atomic E-state index is 4.64.